The topological polar surface area (TPSA) is 38.9 Å². The summed E-state index contributed by atoms with van der Waals surface area (Å²) in [5, 5.41) is 0. The van der Waals surface area contributed by atoms with Gasteiger partial charge in [-0.25, -0.2) is 0 Å². The van der Waals surface area contributed by atoms with Crippen LogP contribution < -0.4 is 5.73 Å². The summed E-state index contributed by atoms with van der Waals surface area (Å²) in [6.45, 7) is 6.19. The Balaban J connectivity index is 2.18. The molecule has 18 heavy (non-hydrogen) atoms. The zero-order chi connectivity index (χ0) is 13.1. The van der Waals surface area contributed by atoms with Gasteiger partial charge in [-0.15, -0.1) is 0 Å². The predicted octanol–water partition coefficient (Wildman–Crippen LogP) is 3.87. The van der Waals surface area contributed by atoms with Crippen molar-refractivity contribution in [3.63, 3.8) is 0 Å². The zero-order valence-electron chi connectivity index (χ0n) is 11.0. The lowest BCUT2D eigenvalue weighted by molar-refractivity contribution is 0.777. The molecule has 2 aromatic rings. The maximum atomic E-state index is 5.79. The highest BCUT2D eigenvalue weighted by Gasteiger charge is 2.04. The molecule has 0 fully saturated rings. The van der Waals surface area contributed by atoms with Crippen molar-refractivity contribution in [1.29, 1.82) is 0 Å². The smallest absolute Gasteiger partial charge is 0.0569 e. The first kappa shape index (κ1) is 13.1. The first-order valence-corrected chi connectivity index (χ1v) is 6.84. The third kappa shape index (κ3) is 3.12. The van der Waals surface area contributed by atoms with E-state index in [0.717, 1.165) is 10.6 Å². The van der Waals surface area contributed by atoms with Crippen LogP contribution in [0.15, 0.2) is 46.3 Å². The summed E-state index contributed by atoms with van der Waals surface area (Å²) in [4.78, 5) is 6.79. The molecule has 2 rings (SSSR count). The van der Waals surface area contributed by atoms with Crippen LogP contribution in [0.4, 0.5) is 0 Å². The molecule has 3 heteroatoms. The van der Waals surface area contributed by atoms with Gasteiger partial charge >= 0.3 is 0 Å². The Hall–Kier alpha value is -1.32. The maximum Gasteiger partial charge on any atom is 0.0569 e. The van der Waals surface area contributed by atoms with Crippen molar-refractivity contribution in [3.8, 4) is 0 Å². The van der Waals surface area contributed by atoms with Crippen LogP contribution in [0.1, 0.15) is 29.8 Å². The second kappa shape index (κ2) is 5.55. The van der Waals surface area contributed by atoms with Gasteiger partial charge in [0.1, 0.15) is 0 Å². The molecule has 0 aliphatic carbocycles. The van der Waals surface area contributed by atoms with Crippen molar-refractivity contribution in [2.24, 2.45) is 5.73 Å². The first-order valence-electron chi connectivity index (χ1n) is 6.03. The van der Waals surface area contributed by atoms with E-state index in [2.05, 4.69) is 43.1 Å². The van der Waals surface area contributed by atoms with E-state index in [1.54, 1.807) is 11.8 Å². The molecule has 2 nitrogen and oxygen atoms in total. The molecule has 0 radical (unpaired) electrons. The average molecular weight is 258 g/mol. The Kier molecular flexibility index (Phi) is 4.04. The molecule has 1 aromatic heterocycles. The molecule has 0 aliphatic rings. The fraction of sp³-hybridized carbons (Fsp3) is 0.267. The largest absolute Gasteiger partial charge is 0.323 e. The lowest BCUT2D eigenvalue weighted by Gasteiger charge is -2.08. The number of rotatable bonds is 3. The van der Waals surface area contributed by atoms with Gasteiger partial charge in [-0.3, -0.25) is 4.98 Å². The lowest BCUT2D eigenvalue weighted by Crippen LogP contribution is -2.06. The molecule has 0 amide bonds. The van der Waals surface area contributed by atoms with Crippen LogP contribution in [0.5, 0.6) is 0 Å². The van der Waals surface area contributed by atoms with Crippen molar-refractivity contribution in [2.45, 2.75) is 36.6 Å². The van der Waals surface area contributed by atoms with E-state index in [4.69, 9.17) is 5.73 Å². The number of nitrogens with two attached hydrogens (primary N) is 1. The Morgan fingerprint density at radius 1 is 1.17 bits per heavy atom. The van der Waals surface area contributed by atoms with Gasteiger partial charge in [0.25, 0.3) is 0 Å². The van der Waals surface area contributed by atoms with Gasteiger partial charge in [-0.1, -0.05) is 29.5 Å². The summed E-state index contributed by atoms with van der Waals surface area (Å²) >= 11 is 1.74. The molecule has 94 valence electrons. The highest BCUT2D eigenvalue weighted by atomic mass is 32.2. The van der Waals surface area contributed by atoms with Crippen LogP contribution in [0.3, 0.4) is 0 Å². The minimum atomic E-state index is -0.00911. The van der Waals surface area contributed by atoms with E-state index in [-0.39, 0.29) is 6.04 Å². The fourth-order valence-corrected chi connectivity index (χ4v) is 2.61. The van der Waals surface area contributed by atoms with E-state index in [1.807, 2.05) is 19.2 Å². The molecule has 0 spiro atoms. The molecule has 2 N–H and O–H groups in total. The van der Waals surface area contributed by atoms with E-state index in [1.165, 1.54) is 16.0 Å². The molecule has 0 saturated carbocycles. The second-order valence-electron chi connectivity index (χ2n) is 4.58. The molecule has 0 aliphatic heterocycles. The number of benzene rings is 1. The van der Waals surface area contributed by atoms with Gasteiger partial charge in [0.05, 0.1) is 5.69 Å². The standard InChI is InChI=1S/C15H18N2S/c1-10-4-7-15(11(2)8-10)18-13-5-6-14(12(3)16)17-9-13/h4-9,12H,16H2,1-3H3/t12-/m0/s1. The van der Waals surface area contributed by atoms with Crippen molar-refractivity contribution in [2.75, 3.05) is 0 Å². The van der Waals surface area contributed by atoms with Gasteiger partial charge in [-0.2, -0.15) is 0 Å². The monoisotopic (exact) mass is 258 g/mol. The summed E-state index contributed by atoms with van der Waals surface area (Å²) in [5.74, 6) is 0. The summed E-state index contributed by atoms with van der Waals surface area (Å²) in [6.07, 6.45) is 1.89. The van der Waals surface area contributed by atoms with E-state index >= 15 is 0 Å². The summed E-state index contributed by atoms with van der Waals surface area (Å²) in [7, 11) is 0. The number of hydrogen-bond donors (Lipinski definition) is 1. The van der Waals surface area contributed by atoms with E-state index in [9.17, 15) is 0 Å². The minimum absolute atomic E-state index is 0.00911. The SMILES string of the molecule is Cc1ccc(Sc2ccc([C@H](C)N)nc2)c(C)c1. The van der Waals surface area contributed by atoms with Crippen LogP contribution in [0, 0.1) is 13.8 Å². The van der Waals surface area contributed by atoms with Gasteiger partial charge in [0.15, 0.2) is 0 Å². The highest BCUT2D eigenvalue weighted by Crippen LogP contribution is 2.30. The lowest BCUT2D eigenvalue weighted by atomic mass is 10.2. The Morgan fingerprint density at radius 3 is 2.50 bits per heavy atom. The second-order valence-corrected chi connectivity index (χ2v) is 5.69. The Bertz CT molecular complexity index is 533. The van der Waals surface area contributed by atoms with Gasteiger partial charge in [-0.05, 0) is 44.5 Å². The molecular formula is C15H18N2S. The number of hydrogen-bond acceptors (Lipinski definition) is 3. The number of pyridine rings is 1. The fourth-order valence-electron chi connectivity index (χ4n) is 1.76. The Labute approximate surface area is 113 Å². The summed E-state index contributed by atoms with van der Waals surface area (Å²) in [6, 6.07) is 10.6. The molecule has 1 atom stereocenters. The normalized spacial score (nSPS) is 12.4. The van der Waals surface area contributed by atoms with Crippen LogP contribution in [-0.2, 0) is 0 Å². The number of nitrogens with zero attached hydrogens (tertiary/aromatic N) is 1. The Morgan fingerprint density at radius 2 is 1.94 bits per heavy atom. The molecule has 0 bridgehead atoms. The molecule has 1 heterocycles. The van der Waals surface area contributed by atoms with Crippen LogP contribution in [-0.4, -0.2) is 4.98 Å². The predicted molar refractivity (Wildman–Crippen MR) is 76.9 cm³/mol. The summed E-state index contributed by atoms with van der Waals surface area (Å²) < 4.78 is 0. The quantitative estimate of drug-likeness (QED) is 0.908. The number of aromatic nitrogens is 1. The van der Waals surface area contributed by atoms with Crippen molar-refractivity contribution >= 4 is 11.8 Å². The molecule has 1 aromatic carbocycles. The van der Waals surface area contributed by atoms with Crippen LogP contribution in [0.2, 0.25) is 0 Å². The minimum Gasteiger partial charge on any atom is -0.323 e. The maximum absolute atomic E-state index is 5.79. The van der Waals surface area contributed by atoms with E-state index in [0.29, 0.717) is 0 Å². The van der Waals surface area contributed by atoms with Gasteiger partial charge in [0.2, 0.25) is 0 Å². The average Bonchev–Trinajstić information content (AvgIpc) is 2.33. The van der Waals surface area contributed by atoms with Gasteiger partial charge < -0.3 is 5.73 Å². The zero-order valence-corrected chi connectivity index (χ0v) is 11.8. The molecule has 0 saturated heterocycles. The van der Waals surface area contributed by atoms with Crippen LogP contribution >= 0.6 is 11.8 Å². The molecular weight excluding hydrogens is 240 g/mol. The van der Waals surface area contributed by atoms with E-state index < -0.39 is 0 Å². The van der Waals surface area contributed by atoms with Crippen LogP contribution in [0.25, 0.3) is 0 Å². The molecule has 0 unspecified atom stereocenters. The third-order valence-electron chi connectivity index (χ3n) is 2.78. The third-order valence-corrected chi connectivity index (χ3v) is 3.94. The van der Waals surface area contributed by atoms with Crippen molar-refractivity contribution in [1.82, 2.24) is 4.98 Å². The summed E-state index contributed by atoms with van der Waals surface area (Å²) in [5.41, 5.74) is 9.31. The highest BCUT2D eigenvalue weighted by molar-refractivity contribution is 7.99. The van der Waals surface area contributed by atoms with Gasteiger partial charge in [0, 0.05) is 22.0 Å². The first-order chi connectivity index (χ1) is 8.56. The number of aryl methyl sites for hydroxylation is 2. The van der Waals surface area contributed by atoms with Crippen molar-refractivity contribution in [3.05, 3.63) is 53.3 Å². The van der Waals surface area contributed by atoms with Crippen molar-refractivity contribution < 1.29 is 0 Å².